The van der Waals surface area contributed by atoms with Crippen molar-refractivity contribution in [1.82, 2.24) is 0 Å². The summed E-state index contributed by atoms with van der Waals surface area (Å²) in [5, 5.41) is 9.15. The minimum atomic E-state index is -0.968. The van der Waals surface area contributed by atoms with Crippen LogP contribution < -0.4 is 0 Å². The summed E-state index contributed by atoms with van der Waals surface area (Å²) in [4.78, 5) is 0. The van der Waals surface area contributed by atoms with Crippen LogP contribution in [0.4, 0.5) is 0 Å². The van der Waals surface area contributed by atoms with Crippen LogP contribution >= 0.6 is 11.6 Å². The molecule has 0 fully saturated rings. The Labute approximate surface area is 96.1 Å². The molecule has 15 heavy (non-hydrogen) atoms. The Balaban J connectivity index is 2.56. The summed E-state index contributed by atoms with van der Waals surface area (Å²) in [5.74, 6) is 5.55. The van der Waals surface area contributed by atoms with E-state index >= 15 is 0 Å². The van der Waals surface area contributed by atoms with Crippen molar-refractivity contribution in [2.75, 3.05) is 0 Å². The Hall–Kier alpha value is -0.970. The molecule has 0 saturated carbocycles. The van der Waals surface area contributed by atoms with Gasteiger partial charge in [-0.15, -0.1) is 11.6 Å². The topological polar surface area (TPSA) is 20.2 Å². The lowest BCUT2D eigenvalue weighted by atomic mass is 10.1. The highest BCUT2D eigenvalue weighted by Crippen LogP contribution is 2.08. The number of hydrogen-bond acceptors (Lipinski definition) is 1. The van der Waals surface area contributed by atoms with Gasteiger partial charge >= 0.3 is 0 Å². The highest BCUT2D eigenvalue weighted by molar-refractivity contribution is 6.22. The highest BCUT2D eigenvalue weighted by Gasteiger charge is 2.07. The molecule has 1 rings (SSSR count). The van der Waals surface area contributed by atoms with Crippen LogP contribution in [0.5, 0.6) is 0 Å². The lowest BCUT2D eigenvalue weighted by Gasteiger charge is -2.07. The molecule has 2 heteroatoms. The molecule has 1 aromatic carbocycles. The van der Waals surface area contributed by atoms with Crippen molar-refractivity contribution in [1.29, 1.82) is 0 Å². The van der Waals surface area contributed by atoms with Gasteiger partial charge in [-0.2, -0.15) is 0 Å². The second-order valence-electron chi connectivity index (χ2n) is 3.99. The van der Waals surface area contributed by atoms with E-state index in [4.69, 9.17) is 11.6 Å². The maximum absolute atomic E-state index is 9.40. The standard InChI is InChI=1S/C13H15ClO/c1-13(2,15)9-8-12(14)10-11-6-4-3-5-7-11/h3-7,12,15H,10H2,1-2H3. The van der Waals surface area contributed by atoms with Gasteiger partial charge in [0, 0.05) is 0 Å². The van der Waals surface area contributed by atoms with E-state index in [0.717, 1.165) is 5.56 Å². The van der Waals surface area contributed by atoms with Gasteiger partial charge in [0.1, 0.15) is 5.60 Å². The van der Waals surface area contributed by atoms with Gasteiger partial charge in [-0.05, 0) is 25.8 Å². The van der Waals surface area contributed by atoms with Gasteiger partial charge in [0.15, 0.2) is 0 Å². The second-order valence-corrected chi connectivity index (χ2v) is 4.51. The molecular weight excluding hydrogens is 208 g/mol. The van der Waals surface area contributed by atoms with E-state index in [9.17, 15) is 5.11 Å². The first-order valence-electron chi connectivity index (χ1n) is 4.90. The Kier molecular flexibility index (Phi) is 4.20. The third-order valence-corrected chi connectivity index (χ3v) is 2.06. The summed E-state index contributed by atoms with van der Waals surface area (Å²) < 4.78 is 0. The molecule has 0 radical (unpaired) electrons. The van der Waals surface area contributed by atoms with Crippen molar-refractivity contribution in [2.45, 2.75) is 31.2 Å². The molecule has 1 nitrogen and oxygen atoms in total. The third-order valence-electron chi connectivity index (χ3n) is 1.79. The zero-order chi connectivity index (χ0) is 11.3. The first-order chi connectivity index (χ1) is 6.97. The Morgan fingerprint density at radius 2 is 1.93 bits per heavy atom. The fourth-order valence-electron chi connectivity index (χ4n) is 1.13. The Morgan fingerprint density at radius 3 is 2.47 bits per heavy atom. The second kappa shape index (κ2) is 5.21. The van der Waals surface area contributed by atoms with Gasteiger partial charge in [0.05, 0.1) is 5.38 Å². The molecule has 0 bridgehead atoms. The summed E-state index contributed by atoms with van der Waals surface area (Å²) in [6.45, 7) is 3.29. The van der Waals surface area contributed by atoms with E-state index in [0.29, 0.717) is 6.42 Å². The molecule has 1 N–H and O–H groups in total. The molecule has 1 aromatic rings. The fourth-order valence-corrected chi connectivity index (χ4v) is 1.36. The van der Waals surface area contributed by atoms with E-state index in [2.05, 4.69) is 11.8 Å². The first kappa shape index (κ1) is 12.1. The van der Waals surface area contributed by atoms with Crippen molar-refractivity contribution in [3.05, 3.63) is 35.9 Å². The summed E-state index contributed by atoms with van der Waals surface area (Å²) in [6.07, 6.45) is 0.700. The molecule has 1 atom stereocenters. The van der Waals surface area contributed by atoms with Crippen LogP contribution in [0.15, 0.2) is 30.3 Å². The van der Waals surface area contributed by atoms with Gasteiger partial charge in [-0.3, -0.25) is 0 Å². The van der Waals surface area contributed by atoms with Crippen molar-refractivity contribution < 1.29 is 5.11 Å². The molecule has 0 aliphatic rings. The molecule has 0 aliphatic heterocycles. The highest BCUT2D eigenvalue weighted by atomic mass is 35.5. The minimum Gasteiger partial charge on any atom is -0.378 e. The van der Waals surface area contributed by atoms with Gasteiger partial charge < -0.3 is 5.11 Å². The Morgan fingerprint density at radius 1 is 1.33 bits per heavy atom. The van der Waals surface area contributed by atoms with E-state index in [1.165, 1.54) is 0 Å². The van der Waals surface area contributed by atoms with Crippen LogP contribution in [0.25, 0.3) is 0 Å². The molecule has 0 aromatic heterocycles. The number of alkyl halides is 1. The van der Waals surface area contributed by atoms with Crippen LogP contribution in [0.2, 0.25) is 0 Å². The Bertz CT molecular complexity index is 354. The zero-order valence-electron chi connectivity index (χ0n) is 9.00. The van der Waals surface area contributed by atoms with Crippen LogP contribution in [-0.2, 0) is 6.42 Å². The van der Waals surface area contributed by atoms with E-state index in [-0.39, 0.29) is 5.38 Å². The first-order valence-corrected chi connectivity index (χ1v) is 5.34. The molecule has 0 spiro atoms. The minimum absolute atomic E-state index is 0.251. The maximum Gasteiger partial charge on any atom is 0.120 e. The maximum atomic E-state index is 9.40. The number of rotatable bonds is 2. The number of benzene rings is 1. The van der Waals surface area contributed by atoms with E-state index in [1.54, 1.807) is 13.8 Å². The average Bonchev–Trinajstić information content (AvgIpc) is 2.15. The molecule has 1 unspecified atom stereocenters. The molecule has 0 amide bonds. The number of hydrogen-bond donors (Lipinski definition) is 1. The number of aliphatic hydroxyl groups is 1. The third kappa shape index (κ3) is 5.47. The predicted molar refractivity (Wildman–Crippen MR) is 63.9 cm³/mol. The van der Waals surface area contributed by atoms with E-state index in [1.807, 2.05) is 30.3 Å². The lowest BCUT2D eigenvalue weighted by Crippen LogP contribution is -2.15. The molecular formula is C13H15ClO. The molecule has 80 valence electrons. The molecule has 0 aliphatic carbocycles. The summed E-state index contributed by atoms with van der Waals surface area (Å²) in [7, 11) is 0. The normalized spacial score (nSPS) is 12.8. The molecule has 0 saturated heterocycles. The van der Waals surface area contributed by atoms with Crippen LogP contribution in [0.1, 0.15) is 19.4 Å². The van der Waals surface area contributed by atoms with Gasteiger partial charge in [-0.1, -0.05) is 42.2 Å². The molecule has 0 heterocycles. The van der Waals surface area contributed by atoms with E-state index < -0.39 is 5.60 Å². The van der Waals surface area contributed by atoms with Crippen molar-refractivity contribution in [3.8, 4) is 11.8 Å². The van der Waals surface area contributed by atoms with Crippen LogP contribution in [0.3, 0.4) is 0 Å². The van der Waals surface area contributed by atoms with Crippen molar-refractivity contribution in [2.24, 2.45) is 0 Å². The number of halogens is 1. The lowest BCUT2D eigenvalue weighted by molar-refractivity contribution is 0.143. The average molecular weight is 223 g/mol. The fraction of sp³-hybridized carbons (Fsp3) is 0.385. The zero-order valence-corrected chi connectivity index (χ0v) is 9.75. The van der Waals surface area contributed by atoms with Gasteiger partial charge in [-0.25, -0.2) is 0 Å². The summed E-state index contributed by atoms with van der Waals surface area (Å²) >= 11 is 6.04. The summed E-state index contributed by atoms with van der Waals surface area (Å²) in [5.41, 5.74) is 0.187. The monoisotopic (exact) mass is 222 g/mol. The SMILES string of the molecule is CC(C)(O)C#CC(Cl)Cc1ccccc1. The van der Waals surface area contributed by atoms with Crippen molar-refractivity contribution >= 4 is 11.6 Å². The van der Waals surface area contributed by atoms with Crippen LogP contribution in [-0.4, -0.2) is 16.1 Å². The quantitative estimate of drug-likeness (QED) is 0.603. The smallest absolute Gasteiger partial charge is 0.120 e. The predicted octanol–water partition coefficient (Wildman–Crippen LogP) is 2.61. The summed E-state index contributed by atoms with van der Waals surface area (Å²) in [6, 6.07) is 9.95. The van der Waals surface area contributed by atoms with Crippen molar-refractivity contribution in [3.63, 3.8) is 0 Å². The largest absolute Gasteiger partial charge is 0.378 e. The van der Waals surface area contributed by atoms with Gasteiger partial charge in [0.25, 0.3) is 0 Å². The van der Waals surface area contributed by atoms with Gasteiger partial charge in [0.2, 0.25) is 0 Å². The van der Waals surface area contributed by atoms with Crippen LogP contribution in [0, 0.1) is 11.8 Å².